The van der Waals surface area contributed by atoms with Crippen LogP contribution in [-0.2, 0) is 18.0 Å². The number of carbonyl (C=O) groups is 1. The number of hydrogen-bond donors (Lipinski definition) is 2. The summed E-state index contributed by atoms with van der Waals surface area (Å²) in [4.78, 5) is 32.3. The molecule has 0 radical (unpaired) electrons. The lowest BCUT2D eigenvalue weighted by Crippen LogP contribution is -2.33. The summed E-state index contributed by atoms with van der Waals surface area (Å²) >= 11 is 1.34. The molecule has 2 N–H and O–H groups in total. The lowest BCUT2D eigenvalue weighted by atomic mass is 10.1. The first kappa shape index (κ1) is 27.9. The van der Waals surface area contributed by atoms with Gasteiger partial charge >= 0.3 is 0 Å². The fraction of sp³-hybridized carbons (Fsp3) is 0.444. The number of rotatable bonds is 12. The molecule has 0 saturated heterocycles. The molecule has 3 heterocycles. The number of fused-ring (bicyclic) bond motifs is 1. The van der Waals surface area contributed by atoms with Gasteiger partial charge in [0, 0.05) is 20.5 Å². The first-order valence-corrected chi connectivity index (χ1v) is 13.4. The number of hydrogen-bond acceptors (Lipinski definition) is 9. The molecule has 38 heavy (non-hydrogen) atoms. The third-order valence-electron chi connectivity index (χ3n) is 6.15. The van der Waals surface area contributed by atoms with Crippen LogP contribution < -0.4 is 10.2 Å². The molecule has 204 valence electrons. The summed E-state index contributed by atoms with van der Waals surface area (Å²) in [6, 6.07) is 9.74. The number of nitrogens with one attached hydrogen (secondary N) is 1. The van der Waals surface area contributed by atoms with Crippen LogP contribution in [0, 0.1) is 6.92 Å². The molecule has 0 spiro atoms. The van der Waals surface area contributed by atoms with Crippen molar-refractivity contribution in [3.63, 3.8) is 0 Å². The van der Waals surface area contributed by atoms with Gasteiger partial charge in [-0.3, -0.25) is 15.0 Å². The van der Waals surface area contributed by atoms with Crippen molar-refractivity contribution in [3.8, 4) is 10.6 Å². The maximum absolute atomic E-state index is 13.5. The van der Waals surface area contributed by atoms with Crippen LogP contribution in [0.1, 0.15) is 41.4 Å². The summed E-state index contributed by atoms with van der Waals surface area (Å²) < 4.78 is 7.52. The van der Waals surface area contributed by atoms with Crippen molar-refractivity contribution in [1.29, 1.82) is 0 Å². The molecule has 0 bridgehead atoms. The van der Waals surface area contributed by atoms with E-state index in [2.05, 4.69) is 35.4 Å². The maximum Gasteiger partial charge on any atom is 0.270 e. The molecule has 3 aromatic heterocycles. The number of aryl methyl sites for hydroxylation is 1. The second kappa shape index (κ2) is 11.7. The van der Waals surface area contributed by atoms with E-state index in [1.165, 1.54) is 16.2 Å². The van der Waals surface area contributed by atoms with E-state index in [4.69, 9.17) is 14.3 Å². The number of carbonyl (C=O) groups excluding carboxylic acids is 1. The molecule has 0 unspecified atom stereocenters. The Hall–Kier alpha value is -3.09. The van der Waals surface area contributed by atoms with Gasteiger partial charge in [0.15, 0.2) is 11.7 Å². The van der Waals surface area contributed by atoms with Gasteiger partial charge in [-0.2, -0.15) is 0 Å². The molecule has 0 aliphatic heterocycles. The SMILES string of the molecule is Cc1ncc(-c2ccc(C(=O)N(C)c3nc4cc(CNCCCN(C)C)ccc4n3CC(C)(C)OO)s2)o1. The highest BCUT2D eigenvalue weighted by Gasteiger charge is 2.27. The van der Waals surface area contributed by atoms with Crippen LogP contribution in [0.25, 0.3) is 21.7 Å². The highest BCUT2D eigenvalue weighted by atomic mass is 32.1. The van der Waals surface area contributed by atoms with Crippen molar-refractivity contribution < 1.29 is 19.4 Å². The van der Waals surface area contributed by atoms with Gasteiger partial charge in [-0.25, -0.2) is 14.9 Å². The second-order valence-corrected chi connectivity index (χ2v) is 11.4. The topological polar surface area (TPSA) is 109 Å². The van der Waals surface area contributed by atoms with Crippen molar-refractivity contribution in [2.75, 3.05) is 39.1 Å². The minimum atomic E-state index is -0.890. The average Bonchev–Trinajstić information content (AvgIpc) is 3.61. The van der Waals surface area contributed by atoms with Crippen molar-refractivity contribution in [3.05, 3.63) is 52.9 Å². The molecule has 0 aliphatic carbocycles. The summed E-state index contributed by atoms with van der Waals surface area (Å²) in [7, 11) is 5.85. The molecule has 1 aromatic carbocycles. The molecule has 4 aromatic rings. The van der Waals surface area contributed by atoms with Crippen LogP contribution in [0.15, 0.2) is 40.9 Å². The number of amides is 1. The van der Waals surface area contributed by atoms with Crippen LogP contribution in [0.3, 0.4) is 0 Å². The first-order valence-electron chi connectivity index (χ1n) is 12.6. The minimum absolute atomic E-state index is 0.195. The average molecular weight is 541 g/mol. The van der Waals surface area contributed by atoms with E-state index in [-0.39, 0.29) is 5.91 Å². The lowest BCUT2D eigenvalue weighted by Gasteiger charge is -2.25. The smallest absolute Gasteiger partial charge is 0.270 e. The monoisotopic (exact) mass is 540 g/mol. The van der Waals surface area contributed by atoms with Gasteiger partial charge in [0.25, 0.3) is 5.91 Å². The lowest BCUT2D eigenvalue weighted by molar-refractivity contribution is -0.315. The number of imidazole rings is 1. The Morgan fingerprint density at radius 2 is 2.03 bits per heavy atom. The molecule has 0 aliphatic rings. The third kappa shape index (κ3) is 6.48. The second-order valence-electron chi connectivity index (χ2n) is 10.3. The Balaban J connectivity index is 1.60. The predicted octanol–water partition coefficient (Wildman–Crippen LogP) is 4.65. The molecular weight excluding hydrogens is 504 g/mol. The van der Waals surface area contributed by atoms with Gasteiger partial charge in [0.1, 0.15) is 5.60 Å². The molecule has 0 saturated carbocycles. The zero-order valence-electron chi connectivity index (χ0n) is 22.8. The number of thiophene rings is 1. The highest BCUT2D eigenvalue weighted by molar-refractivity contribution is 7.17. The van der Waals surface area contributed by atoms with Gasteiger partial charge in [-0.05, 0) is 77.3 Å². The molecular formula is C27H36N6O4S. The van der Waals surface area contributed by atoms with Crippen LogP contribution in [0.4, 0.5) is 5.95 Å². The fourth-order valence-corrected chi connectivity index (χ4v) is 5.09. The van der Waals surface area contributed by atoms with E-state index in [1.54, 1.807) is 40.1 Å². The molecule has 0 atom stereocenters. The number of oxazole rings is 1. The number of benzene rings is 1. The van der Waals surface area contributed by atoms with Crippen molar-refractivity contribution in [1.82, 2.24) is 24.8 Å². The number of aromatic nitrogens is 3. The zero-order valence-corrected chi connectivity index (χ0v) is 23.6. The van der Waals surface area contributed by atoms with Crippen LogP contribution in [-0.4, -0.2) is 70.4 Å². The quantitative estimate of drug-likeness (QED) is 0.152. The zero-order chi connectivity index (χ0) is 27.4. The standard InChI is InChI=1S/C27H36N6O4S/c1-18-29-16-22(36-18)23-10-11-24(38-23)25(34)32(6)26-30-20-14-19(15-28-12-7-13-31(4)5)8-9-21(20)33(26)17-27(2,3)37-35/h8-11,14,16,28,35H,7,12-13,15,17H2,1-6H3. The fourth-order valence-electron chi connectivity index (χ4n) is 4.16. The van der Waals surface area contributed by atoms with Gasteiger partial charge in [-0.1, -0.05) is 6.07 Å². The Labute approximate surface area is 226 Å². The van der Waals surface area contributed by atoms with Crippen LogP contribution in [0.5, 0.6) is 0 Å². The van der Waals surface area contributed by atoms with Crippen molar-refractivity contribution in [2.24, 2.45) is 0 Å². The molecule has 10 nitrogen and oxygen atoms in total. The summed E-state index contributed by atoms with van der Waals surface area (Å²) in [5, 5.41) is 13.0. The summed E-state index contributed by atoms with van der Waals surface area (Å²) in [6.07, 6.45) is 2.72. The molecule has 1 amide bonds. The minimum Gasteiger partial charge on any atom is -0.440 e. The summed E-state index contributed by atoms with van der Waals surface area (Å²) in [5.74, 6) is 1.48. The van der Waals surface area contributed by atoms with Gasteiger partial charge < -0.3 is 19.2 Å². The first-order chi connectivity index (χ1) is 18.1. The third-order valence-corrected chi connectivity index (χ3v) is 7.24. The number of anilines is 1. The largest absolute Gasteiger partial charge is 0.440 e. The van der Waals surface area contributed by atoms with Crippen LogP contribution >= 0.6 is 11.3 Å². The maximum atomic E-state index is 13.5. The molecule has 11 heteroatoms. The highest BCUT2D eigenvalue weighted by Crippen LogP contribution is 2.31. The van der Waals surface area contributed by atoms with Crippen LogP contribution in [0.2, 0.25) is 0 Å². The van der Waals surface area contributed by atoms with E-state index >= 15 is 0 Å². The molecule has 4 rings (SSSR count). The van der Waals surface area contributed by atoms with Gasteiger partial charge in [0.05, 0.1) is 33.5 Å². The Bertz CT molecular complexity index is 1390. The predicted molar refractivity (Wildman–Crippen MR) is 150 cm³/mol. The van der Waals surface area contributed by atoms with E-state index in [0.717, 1.165) is 47.5 Å². The van der Waals surface area contributed by atoms with Gasteiger partial charge in [0.2, 0.25) is 5.95 Å². The number of nitrogens with zero attached hydrogens (tertiary/aromatic N) is 5. The van der Waals surface area contributed by atoms with Crippen molar-refractivity contribution in [2.45, 2.75) is 45.9 Å². The van der Waals surface area contributed by atoms with E-state index in [1.807, 2.05) is 22.8 Å². The Kier molecular flexibility index (Phi) is 8.64. The van der Waals surface area contributed by atoms with Gasteiger partial charge in [-0.15, -0.1) is 11.3 Å². The normalized spacial score (nSPS) is 12.1. The Morgan fingerprint density at radius 3 is 2.71 bits per heavy atom. The van der Waals surface area contributed by atoms with E-state index in [0.29, 0.717) is 29.0 Å². The van der Waals surface area contributed by atoms with E-state index in [9.17, 15) is 10.1 Å². The van der Waals surface area contributed by atoms with Crippen molar-refractivity contribution >= 4 is 34.2 Å². The van der Waals surface area contributed by atoms with E-state index < -0.39 is 5.60 Å². The Morgan fingerprint density at radius 1 is 1.24 bits per heavy atom. The summed E-state index contributed by atoms with van der Waals surface area (Å²) in [5.41, 5.74) is 1.84. The molecule has 0 fully saturated rings. The summed E-state index contributed by atoms with van der Waals surface area (Å²) in [6.45, 7) is 8.32.